The predicted octanol–water partition coefficient (Wildman–Crippen LogP) is 15.6. The van der Waals surface area contributed by atoms with E-state index < -0.39 is 8.07 Å². The summed E-state index contributed by atoms with van der Waals surface area (Å²) in [7, 11) is -2.04. The number of benzene rings is 11. The van der Waals surface area contributed by atoms with Gasteiger partial charge in [0.2, 0.25) is 0 Å². The maximum atomic E-state index is 6.79. The molecule has 1 aliphatic rings. The molecular formula is C59H41NOSi. The molecular weight excluding hydrogens is 767 g/mol. The molecule has 0 radical (unpaired) electrons. The first-order valence-electron chi connectivity index (χ1n) is 21.7. The molecule has 0 atom stereocenters. The van der Waals surface area contributed by atoms with E-state index in [0.29, 0.717) is 0 Å². The van der Waals surface area contributed by atoms with Crippen LogP contribution in [0, 0.1) is 6.92 Å². The van der Waals surface area contributed by atoms with Crippen LogP contribution in [0.4, 0.5) is 17.1 Å². The van der Waals surface area contributed by atoms with Gasteiger partial charge in [-0.05, 0) is 119 Å². The van der Waals surface area contributed by atoms with Gasteiger partial charge >= 0.3 is 0 Å². The standard InChI is InChI=1S/C59H41NOSi/c1-36-17-4-14-28-52(36)60(53-29-16-27-47-42-22-13-15-30-54(42)61-59(47)53)58-45-25-11-9-23-43(45)57(44-24-10-12-26-46(44)58)37-31-32-55-50(33-37)51-34-48-40-20-7-5-18-38(40)39-19-6-8-21-41(39)49(48)35-56(51)62(55,2)3/h4-35H,1-3H3. The van der Waals surface area contributed by atoms with Crippen molar-refractivity contribution >= 4 is 111 Å². The summed E-state index contributed by atoms with van der Waals surface area (Å²) in [6.45, 7) is 7.28. The minimum absolute atomic E-state index is 0.881. The Morgan fingerprint density at radius 3 is 1.55 bits per heavy atom. The first-order chi connectivity index (χ1) is 30.5. The summed E-state index contributed by atoms with van der Waals surface area (Å²) in [6, 6.07) is 72.1. The largest absolute Gasteiger partial charge is 0.454 e. The number of fused-ring (bicyclic) bond motifs is 14. The molecule has 1 aliphatic heterocycles. The van der Waals surface area contributed by atoms with E-state index in [2.05, 4.69) is 219 Å². The quantitative estimate of drug-likeness (QED) is 0.100. The zero-order valence-electron chi connectivity index (χ0n) is 34.8. The molecule has 0 spiro atoms. The second-order valence-electron chi connectivity index (χ2n) is 17.6. The van der Waals surface area contributed by atoms with Gasteiger partial charge < -0.3 is 9.32 Å². The van der Waals surface area contributed by atoms with Crippen LogP contribution in [0.25, 0.3) is 98.1 Å². The Hall–Kier alpha value is -7.46. The summed E-state index contributed by atoms with van der Waals surface area (Å²) < 4.78 is 6.79. The van der Waals surface area contributed by atoms with Gasteiger partial charge in [-0.2, -0.15) is 0 Å². The summed E-state index contributed by atoms with van der Waals surface area (Å²) in [5.74, 6) is 0. The number of hydrogen-bond acceptors (Lipinski definition) is 2. The first kappa shape index (κ1) is 35.3. The van der Waals surface area contributed by atoms with Gasteiger partial charge in [-0.15, -0.1) is 0 Å². The van der Waals surface area contributed by atoms with E-state index in [4.69, 9.17) is 4.42 Å². The minimum Gasteiger partial charge on any atom is -0.454 e. The Kier molecular flexibility index (Phi) is 7.41. The number of aryl methyl sites for hydroxylation is 1. The molecule has 0 fully saturated rings. The Labute approximate surface area is 360 Å². The van der Waals surface area contributed by atoms with E-state index in [-0.39, 0.29) is 0 Å². The van der Waals surface area contributed by atoms with Crippen molar-refractivity contribution in [3.63, 3.8) is 0 Å². The van der Waals surface area contributed by atoms with Crippen LogP contribution in [0.15, 0.2) is 199 Å². The molecule has 2 heterocycles. The molecule has 0 amide bonds. The SMILES string of the molecule is Cc1ccccc1N(c1c2ccccc2c(-c2ccc3c(c2)-c2cc4c5ccccc5c5ccccc5c4cc2[Si]3(C)C)c2ccccc12)c1cccc2c1oc1ccccc12. The number of nitrogens with zero attached hydrogens (tertiary/aromatic N) is 1. The van der Waals surface area contributed by atoms with Crippen molar-refractivity contribution in [2.24, 2.45) is 0 Å². The molecule has 0 N–H and O–H groups in total. The number of anilines is 3. The topological polar surface area (TPSA) is 16.4 Å². The van der Waals surface area contributed by atoms with Gasteiger partial charge in [-0.1, -0.05) is 177 Å². The number of para-hydroxylation sites is 3. The fraction of sp³-hybridized carbons (Fsp3) is 0.0508. The molecule has 13 rings (SSSR count). The summed E-state index contributed by atoms with van der Waals surface area (Å²) in [4.78, 5) is 2.46. The summed E-state index contributed by atoms with van der Waals surface area (Å²) in [6.07, 6.45) is 0. The van der Waals surface area contributed by atoms with Crippen LogP contribution in [0.5, 0.6) is 0 Å². The summed E-state index contributed by atoms with van der Waals surface area (Å²) in [5, 5.41) is 18.1. The Morgan fingerprint density at radius 1 is 0.387 bits per heavy atom. The highest BCUT2D eigenvalue weighted by Crippen LogP contribution is 2.51. The third-order valence-corrected chi connectivity index (χ3v) is 17.5. The highest BCUT2D eigenvalue weighted by atomic mass is 28.3. The fourth-order valence-corrected chi connectivity index (χ4v) is 14.1. The molecule has 292 valence electrons. The monoisotopic (exact) mass is 807 g/mol. The van der Waals surface area contributed by atoms with Gasteiger partial charge in [-0.3, -0.25) is 0 Å². The van der Waals surface area contributed by atoms with Crippen molar-refractivity contribution in [3.8, 4) is 22.3 Å². The second-order valence-corrected chi connectivity index (χ2v) is 21.9. The lowest BCUT2D eigenvalue weighted by molar-refractivity contribution is 0.669. The molecule has 3 heteroatoms. The van der Waals surface area contributed by atoms with Crippen LogP contribution in [0.2, 0.25) is 13.1 Å². The van der Waals surface area contributed by atoms with Crippen molar-refractivity contribution in [2.75, 3.05) is 4.90 Å². The highest BCUT2D eigenvalue weighted by Gasteiger charge is 2.38. The third kappa shape index (κ3) is 4.85. The summed E-state index contributed by atoms with van der Waals surface area (Å²) in [5.41, 5.74) is 11.5. The number of rotatable bonds is 4. The lowest BCUT2D eigenvalue weighted by atomic mass is 9.88. The van der Waals surface area contributed by atoms with Crippen LogP contribution in [0.3, 0.4) is 0 Å². The lowest BCUT2D eigenvalue weighted by Crippen LogP contribution is -2.49. The average Bonchev–Trinajstić information content (AvgIpc) is 3.80. The van der Waals surface area contributed by atoms with Crippen molar-refractivity contribution in [3.05, 3.63) is 200 Å². The van der Waals surface area contributed by atoms with Gasteiger partial charge in [-0.25, -0.2) is 0 Å². The minimum atomic E-state index is -2.04. The van der Waals surface area contributed by atoms with E-state index >= 15 is 0 Å². The normalized spacial score (nSPS) is 13.2. The first-order valence-corrected chi connectivity index (χ1v) is 24.7. The third-order valence-electron chi connectivity index (χ3n) is 13.9. The van der Waals surface area contributed by atoms with Gasteiger partial charge in [0.1, 0.15) is 13.7 Å². The zero-order valence-corrected chi connectivity index (χ0v) is 35.8. The molecule has 0 aliphatic carbocycles. The smallest absolute Gasteiger partial charge is 0.159 e. The summed E-state index contributed by atoms with van der Waals surface area (Å²) >= 11 is 0. The van der Waals surface area contributed by atoms with Crippen LogP contribution in [0.1, 0.15) is 5.56 Å². The second kappa shape index (κ2) is 13.0. The van der Waals surface area contributed by atoms with E-state index in [1.807, 2.05) is 0 Å². The molecule has 2 nitrogen and oxygen atoms in total. The molecule has 0 unspecified atom stereocenters. The van der Waals surface area contributed by atoms with Crippen LogP contribution < -0.4 is 15.3 Å². The van der Waals surface area contributed by atoms with E-state index in [1.54, 1.807) is 0 Å². The van der Waals surface area contributed by atoms with Gasteiger partial charge in [0.05, 0.1) is 11.4 Å². The van der Waals surface area contributed by atoms with Gasteiger partial charge in [0, 0.05) is 27.2 Å². The predicted molar refractivity (Wildman–Crippen MR) is 268 cm³/mol. The molecule has 0 saturated heterocycles. The van der Waals surface area contributed by atoms with E-state index in [9.17, 15) is 0 Å². The molecule has 12 aromatic rings. The molecule has 62 heavy (non-hydrogen) atoms. The van der Waals surface area contributed by atoms with Gasteiger partial charge in [0.15, 0.2) is 5.58 Å². The van der Waals surface area contributed by atoms with Crippen molar-refractivity contribution < 1.29 is 4.42 Å². The zero-order chi connectivity index (χ0) is 41.3. The van der Waals surface area contributed by atoms with E-state index in [0.717, 1.165) is 39.0 Å². The molecule has 0 saturated carbocycles. The van der Waals surface area contributed by atoms with Crippen LogP contribution in [-0.4, -0.2) is 8.07 Å². The average molecular weight is 808 g/mol. The number of hydrogen-bond donors (Lipinski definition) is 0. The van der Waals surface area contributed by atoms with Crippen LogP contribution in [-0.2, 0) is 0 Å². The lowest BCUT2D eigenvalue weighted by Gasteiger charge is -2.30. The maximum absolute atomic E-state index is 6.79. The van der Waals surface area contributed by atoms with Crippen molar-refractivity contribution in [1.29, 1.82) is 0 Å². The van der Waals surface area contributed by atoms with Crippen LogP contribution >= 0.6 is 0 Å². The highest BCUT2D eigenvalue weighted by molar-refractivity contribution is 7.04. The van der Waals surface area contributed by atoms with Gasteiger partial charge in [0.25, 0.3) is 0 Å². The van der Waals surface area contributed by atoms with Crippen molar-refractivity contribution in [2.45, 2.75) is 20.0 Å². The maximum Gasteiger partial charge on any atom is 0.159 e. The Morgan fingerprint density at radius 2 is 0.887 bits per heavy atom. The van der Waals surface area contributed by atoms with E-state index in [1.165, 1.54) is 92.1 Å². The molecule has 1 aromatic heterocycles. The number of furan rings is 1. The Bertz CT molecular complexity index is 3820. The molecule has 0 bridgehead atoms. The fourth-order valence-electron chi connectivity index (χ4n) is 11.1. The Balaban J connectivity index is 1.09. The molecule has 11 aromatic carbocycles. The van der Waals surface area contributed by atoms with Crippen molar-refractivity contribution in [1.82, 2.24) is 0 Å².